The van der Waals surface area contributed by atoms with Gasteiger partial charge in [-0.2, -0.15) is 26.3 Å². The number of carbonyl (C=O) groups is 1. The summed E-state index contributed by atoms with van der Waals surface area (Å²) in [6, 6.07) is 0.502. The first kappa shape index (κ1) is 15.9. The van der Waals surface area contributed by atoms with Crippen molar-refractivity contribution in [1.29, 1.82) is 0 Å². The molecular formula is C9H7F6N3O2. The number of anilines is 1. The zero-order chi connectivity index (χ0) is 15.7. The molecule has 0 saturated carbocycles. The highest BCUT2D eigenvalue weighted by Crippen LogP contribution is 2.36. The Labute approximate surface area is 107 Å². The lowest BCUT2D eigenvalue weighted by Gasteiger charge is -2.23. The summed E-state index contributed by atoms with van der Waals surface area (Å²) in [6.07, 6.45) is -14.8. The fourth-order valence-electron chi connectivity index (χ4n) is 1.16. The van der Waals surface area contributed by atoms with E-state index in [9.17, 15) is 31.1 Å². The van der Waals surface area contributed by atoms with Gasteiger partial charge in [0.1, 0.15) is 0 Å². The average molecular weight is 303 g/mol. The topological polar surface area (TPSA) is 91.2 Å². The SMILES string of the molecule is NC(=O)c1cc(OC(C(F)(F)F)C(F)(F)F)ncc1N. The van der Waals surface area contributed by atoms with Crippen molar-refractivity contribution in [2.24, 2.45) is 5.73 Å². The van der Waals surface area contributed by atoms with E-state index in [-0.39, 0.29) is 5.69 Å². The molecule has 5 nitrogen and oxygen atoms in total. The van der Waals surface area contributed by atoms with Crippen LogP contribution in [-0.2, 0) is 0 Å². The lowest BCUT2D eigenvalue weighted by molar-refractivity contribution is -0.300. The summed E-state index contributed by atoms with van der Waals surface area (Å²) in [5, 5.41) is 0. The summed E-state index contributed by atoms with van der Waals surface area (Å²) in [4.78, 5) is 14.0. The minimum Gasteiger partial charge on any atom is -0.455 e. The van der Waals surface area contributed by atoms with E-state index in [2.05, 4.69) is 9.72 Å². The molecule has 4 N–H and O–H groups in total. The summed E-state index contributed by atoms with van der Waals surface area (Å²) in [5.74, 6) is -2.22. The molecule has 1 heterocycles. The van der Waals surface area contributed by atoms with Crippen molar-refractivity contribution in [2.75, 3.05) is 5.73 Å². The highest BCUT2D eigenvalue weighted by atomic mass is 19.4. The lowest BCUT2D eigenvalue weighted by Crippen LogP contribution is -2.46. The molecule has 11 heteroatoms. The minimum atomic E-state index is -5.70. The Kier molecular flexibility index (Phi) is 4.01. The number of aromatic nitrogens is 1. The number of halogens is 6. The van der Waals surface area contributed by atoms with E-state index in [1.165, 1.54) is 0 Å². The Morgan fingerprint density at radius 1 is 1.20 bits per heavy atom. The molecule has 0 aliphatic rings. The smallest absolute Gasteiger partial charge is 0.434 e. The van der Waals surface area contributed by atoms with Gasteiger partial charge in [0.2, 0.25) is 5.88 Å². The van der Waals surface area contributed by atoms with Crippen LogP contribution in [0.2, 0.25) is 0 Å². The second-order valence-corrected chi connectivity index (χ2v) is 3.56. The molecule has 1 rings (SSSR count). The molecule has 20 heavy (non-hydrogen) atoms. The summed E-state index contributed by atoms with van der Waals surface area (Å²) in [5.41, 5.74) is 9.26. The number of hydrogen-bond acceptors (Lipinski definition) is 4. The van der Waals surface area contributed by atoms with Crippen LogP contribution < -0.4 is 16.2 Å². The van der Waals surface area contributed by atoms with E-state index < -0.39 is 35.8 Å². The van der Waals surface area contributed by atoms with Crippen LogP contribution >= 0.6 is 0 Å². The van der Waals surface area contributed by atoms with E-state index in [4.69, 9.17) is 11.5 Å². The monoisotopic (exact) mass is 303 g/mol. The van der Waals surface area contributed by atoms with Crippen LogP contribution in [0.4, 0.5) is 32.0 Å². The standard InChI is InChI=1S/C9H7F6N3O2/c10-8(11,12)7(9(13,14)15)20-5-1-3(6(17)19)4(16)2-18-5/h1-2,7H,16H2,(H2,17,19). The third kappa shape index (κ3) is 3.65. The molecule has 0 radical (unpaired) electrons. The van der Waals surface area contributed by atoms with Gasteiger partial charge < -0.3 is 16.2 Å². The first-order valence-corrected chi connectivity index (χ1v) is 4.78. The van der Waals surface area contributed by atoms with Gasteiger partial charge in [-0.15, -0.1) is 0 Å². The predicted octanol–water partition coefficient (Wildman–Crippen LogP) is 1.63. The Balaban J connectivity index is 3.13. The number of nitrogens with two attached hydrogens (primary N) is 2. The molecule has 0 spiro atoms. The highest BCUT2D eigenvalue weighted by Gasteiger charge is 2.59. The normalized spacial score (nSPS) is 12.6. The number of primary amides is 1. The summed E-state index contributed by atoms with van der Waals surface area (Å²) < 4.78 is 77.3. The van der Waals surface area contributed by atoms with Crippen molar-refractivity contribution in [3.8, 4) is 5.88 Å². The molecule has 0 aliphatic carbocycles. The molecule has 0 unspecified atom stereocenters. The molecule has 0 aliphatic heterocycles. The number of rotatable bonds is 3. The second kappa shape index (κ2) is 5.06. The van der Waals surface area contributed by atoms with Crippen LogP contribution in [0, 0.1) is 0 Å². The Bertz CT molecular complexity index is 499. The van der Waals surface area contributed by atoms with Gasteiger partial charge in [0.15, 0.2) is 0 Å². The van der Waals surface area contributed by atoms with Crippen molar-refractivity contribution in [1.82, 2.24) is 4.98 Å². The van der Waals surface area contributed by atoms with Crippen LogP contribution in [0.3, 0.4) is 0 Å². The first-order valence-electron chi connectivity index (χ1n) is 4.78. The molecule has 0 aromatic carbocycles. The number of carbonyl (C=O) groups excluding carboxylic acids is 1. The van der Waals surface area contributed by atoms with Crippen molar-refractivity contribution in [3.05, 3.63) is 17.8 Å². The Morgan fingerprint density at radius 2 is 1.70 bits per heavy atom. The number of alkyl halides is 6. The summed E-state index contributed by atoms with van der Waals surface area (Å²) in [7, 11) is 0. The van der Waals surface area contributed by atoms with Crippen LogP contribution in [-0.4, -0.2) is 29.3 Å². The van der Waals surface area contributed by atoms with E-state index in [0.717, 1.165) is 0 Å². The van der Waals surface area contributed by atoms with E-state index in [1.807, 2.05) is 0 Å². The third-order valence-corrected chi connectivity index (χ3v) is 2.01. The zero-order valence-electron chi connectivity index (χ0n) is 9.42. The number of pyridine rings is 1. The first-order chi connectivity index (χ1) is 8.93. The molecule has 0 bridgehead atoms. The highest BCUT2D eigenvalue weighted by molar-refractivity contribution is 5.97. The molecule has 0 fully saturated rings. The van der Waals surface area contributed by atoms with E-state index in [0.29, 0.717) is 12.3 Å². The Hall–Kier alpha value is -2.20. The van der Waals surface area contributed by atoms with Gasteiger partial charge in [0.05, 0.1) is 17.4 Å². The van der Waals surface area contributed by atoms with Crippen LogP contribution in [0.15, 0.2) is 12.3 Å². The van der Waals surface area contributed by atoms with Gasteiger partial charge in [-0.25, -0.2) is 4.98 Å². The minimum absolute atomic E-state index is 0.305. The molecule has 0 saturated heterocycles. The fourth-order valence-corrected chi connectivity index (χ4v) is 1.16. The number of amides is 1. The molecule has 112 valence electrons. The molecule has 1 aromatic heterocycles. The summed E-state index contributed by atoms with van der Waals surface area (Å²) >= 11 is 0. The number of nitrogens with zero attached hydrogens (tertiary/aromatic N) is 1. The maximum absolute atomic E-state index is 12.3. The average Bonchev–Trinajstić information content (AvgIpc) is 2.24. The van der Waals surface area contributed by atoms with Crippen molar-refractivity contribution >= 4 is 11.6 Å². The second-order valence-electron chi connectivity index (χ2n) is 3.56. The maximum atomic E-state index is 12.3. The van der Waals surface area contributed by atoms with Crippen LogP contribution in [0.5, 0.6) is 5.88 Å². The third-order valence-electron chi connectivity index (χ3n) is 2.01. The van der Waals surface area contributed by atoms with Gasteiger partial charge in [0.25, 0.3) is 12.0 Å². The fraction of sp³-hybridized carbons (Fsp3) is 0.333. The van der Waals surface area contributed by atoms with Gasteiger partial charge in [0, 0.05) is 6.07 Å². The van der Waals surface area contributed by atoms with Crippen LogP contribution in [0.1, 0.15) is 10.4 Å². The van der Waals surface area contributed by atoms with Gasteiger partial charge in [-0.05, 0) is 0 Å². The quantitative estimate of drug-likeness (QED) is 0.830. The molecular weight excluding hydrogens is 296 g/mol. The maximum Gasteiger partial charge on any atom is 0.434 e. The van der Waals surface area contributed by atoms with Gasteiger partial charge >= 0.3 is 12.4 Å². The van der Waals surface area contributed by atoms with Crippen molar-refractivity contribution in [2.45, 2.75) is 18.5 Å². The Morgan fingerprint density at radius 3 is 2.10 bits per heavy atom. The molecule has 0 atom stereocenters. The number of hydrogen-bond donors (Lipinski definition) is 2. The predicted molar refractivity (Wildman–Crippen MR) is 53.7 cm³/mol. The molecule has 1 amide bonds. The molecule has 1 aromatic rings. The van der Waals surface area contributed by atoms with Crippen LogP contribution in [0.25, 0.3) is 0 Å². The van der Waals surface area contributed by atoms with Gasteiger partial charge in [-0.1, -0.05) is 0 Å². The van der Waals surface area contributed by atoms with E-state index >= 15 is 0 Å². The largest absolute Gasteiger partial charge is 0.455 e. The lowest BCUT2D eigenvalue weighted by atomic mass is 10.2. The zero-order valence-corrected chi connectivity index (χ0v) is 9.42. The number of nitrogen functional groups attached to an aromatic ring is 1. The van der Waals surface area contributed by atoms with Gasteiger partial charge in [-0.3, -0.25) is 4.79 Å². The van der Waals surface area contributed by atoms with E-state index in [1.54, 1.807) is 0 Å². The van der Waals surface area contributed by atoms with Crippen molar-refractivity contribution in [3.63, 3.8) is 0 Å². The van der Waals surface area contributed by atoms with Crippen molar-refractivity contribution < 1.29 is 35.9 Å². The summed E-state index contributed by atoms with van der Waals surface area (Å²) in [6.45, 7) is 0. The number of ether oxygens (including phenoxy) is 1.